The zero-order chi connectivity index (χ0) is 18.0. The number of esters is 1. The van der Waals surface area contributed by atoms with Crippen LogP contribution in [0.3, 0.4) is 0 Å². The lowest BCUT2D eigenvalue weighted by Crippen LogP contribution is -2.18. The third kappa shape index (κ3) is 3.28. The molecule has 2 aromatic heterocycles. The van der Waals surface area contributed by atoms with E-state index < -0.39 is 5.97 Å². The highest BCUT2D eigenvalue weighted by Gasteiger charge is 2.23. The van der Waals surface area contributed by atoms with Gasteiger partial charge < -0.3 is 10.1 Å². The molecule has 0 spiro atoms. The van der Waals surface area contributed by atoms with Gasteiger partial charge in [-0.15, -0.1) is 11.3 Å². The molecule has 0 saturated heterocycles. The molecule has 0 saturated carbocycles. The average Bonchev–Trinajstić information content (AvgIpc) is 3.14. The van der Waals surface area contributed by atoms with E-state index in [4.69, 9.17) is 4.74 Å². The number of aryl methyl sites for hydroxylation is 2. The topological polar surface area (TPSA) is 73.2 Å². The van der Waals surface area contributed by atoms with Gasteiger partial charge in [0.05, 0.1) is 12.3 Å². The molecule has 0 unspecified atom stereocenters. The van der Waals surface area contributed by atoms with Crippen LogP contribution >= 0.6 is 11.3 Å². The number of amides is 1. The molecule has 0 bridgehead atoms. The summed E-state index contributed by atoms with van der Waals surface area (Å²) in [4.78, 5) is 25.1. The fourth-order valence-corrected chi connectivity index (χ4v) is 3.76. The number of hydrogen-bond donors (Lipinski definition) is 1. The molecule has 0 aliphatic carbocycles. The van der Waals surface area contributed by atoms with Crippen LogP contribution in [0.5, 0.6) is 0 Å². The van der Waals surface area contributed by atoms with Crippen molar-refractivity contribution in [2.75, 3.05) is 11.9 Å². The lowest BCUT2D eigenvalue weighted by molar-refractivity contribution is 0.0530. The smallest absolute Gasteiger partial charge is 0.341 e. The average molecular weight is 357 g/mol. The summed E-state index contributed by atoms with van der Waals surface area (Å²) in [6.45, 7) is 6.39. The van der Waals surface area contributed by atoms with Crippen LogP contribution in [0.1, 0.15) is 40.4 Å². The van der Waals surface area contributed by atoms with Crippen LogP contribution in [0, 0.1) is 6.92 Å². The molecule has 1 amide bonds. The van der Waals surface area contributed by atoms with Crippen LogP contribution < -0.4 is 5.32 Å². The van der Waals surface area contributed by atoms with E-state index in [-0.39, 0.29) is 12.5 Å². The van der Waals surface area contributed by atoms with Crippen LogP contribution in [0.4, 0.5) is 5.00 Å². The summed E-state index contributed by atoms with van der Waals surface area (Å²) in [6.07, 6.45) is 0. The summed E-state index contributed by atoms with van der Waals surface area (Å²) in [5.74, 6) is -0.727. The van der Waals surface area contributed by atoms with Crippen molar-refractivity contribution in [2.45, 2.75) is 27.3 Å². The number of carbonyl (C=O) groups excluding carboxylic acids is 2. The molecule has 0 aliphatic heterocycles. The monoisotopic (exact) mass is 357 g/mol. The van der Waals surface area contributed by atoms with Gasteiger partial charge >= 0.3 is 5.97 Å². The number of nitrogens with zero attached hydrogens (tertiary/aromatic N) is 2. The van der Waals surface area contributed by atoms with Crippen LogP contribution in [0.2, 0.25) is 0 Å². The Kier molecular flexibility index (Phi) is 4.85. The van der Waals surface area contributed by atoms with Gasteiger partial charge in [-0.1, -0.05) is 18.2 Å². The fourth-order valence-electron chi connectivity index (χ4n) is 2.68. The van der Waals surface area contributed by atoms with Crippen molar-refractivity contribution in [2.24, 2.45) is 0 Å². The molecule has 25 heavy (non-hydrogen) atoms. The van der Waals surface area contributed by atoms with Crippen molar-refractivity contribution < 1.29 is 14.3 Å². The van der Waals surface area contributed by atoms with Crippen molar-refractivity contribution in [3.8, 4) is 0 Å². The van der Waals surface area contributed by atoms with Gasteiger partial charge in [0.15, 0.2) is 0 Å². The molecule has 1 N–H and O–H groups in total. The van der Waals surface area contributed by atoms with Gasteiger partial charge in [0.2, 0.25) is 0 Å². The first kappa shape index (κ1) is 17.2. The van der Waals surface area contributed by atoms with Crippen LogP contribution in [-0.2, 0) is 11.3 Å². The van der Waals surface area contributed by atoms with Crippen molar-refractivity contribution in [3.63, 3.8) is 0 Å². The van der Waals surface area contributed by atoms with Crippen molar-refractivity contribution >= 4 is 38.3 Å². The third-order valence-corrected chi connectivity index (χ3v) is 4.82. The second kappa shape index (κ2) is 7.06. The molecule has 3 rings (SSSR count). The first-order chi connectivity index (χ1) is 12.0. The molecule has 0 fully saturated rings. The molecule has 0 atom stereocenters. The Labute approximate surface area is 149 Å². The quantitative estimate of drug-likeness (QED) is 0.704. The summed E-state index contributed by atoms with van der Waals surface area (Å²) in [5, 5.41) is 8.42. The van der Waals surface area contributed by atoms with Gasteiger partial charge in [0, 0.05) is 16.6 Å². The first-order valence-corrected chi connectivity index (χ1v) is 8.91. The van der Waals surface area contributed by atoms with Crippen molar-refractivity contribution in [1.82, 2.24) is 9.78 Å². The Hall–Kier alpha value is -2.67. The first-order valence-electron chi connectivity index (χ1n) is 8.09. The Bertz CT molecular complexity index is 942. The van der Waals surface area contributed by atoms with Gasteiger partial charge in [0.1, 0.15) is 16.3 Å². The van der Waals surface area contributed by atoms with Gasteiger partial charge in [-0.25, -0.2) is 4.79 Å². The summed E-state index contributed by atoms with van der Waals surface area (Å²) in [6, 6.07) is 9.26. The fraction of sp³-hybridized carbons (Fsp3) is 0.278. The number of aromatic nitrogens is 2. The molecule has 7 heteroatoms. The van der Waals surface area contributed by atoms with E-state index in [0.29, 0.717) is 22.8 Å². The lowest BCUT2D eigenvalue weighted by Gasteiger charge is -2.07. The van der Waals surface area contributed by atoms with E-state index in [9.17, 15) is 9.59 Å². The summed E-state index contributed by atoms with van der Waals surface area (Å²) in [7, 11) is 0. The Morgan fingerprint density at radius 1 is 1.28 bits per heavy atom. The van der Waals surface area contributed by atoms with E-state index in [1.54, 1.807) is 17.7 Å². The molecule has 3 aromatic rings. The number of benzene rings is 1. The highest BCUT2D eigenvalue weighted by Crippen LogP contribution is 2.36. The maximum Gasteiger partial charge on any atom is 0.341 e. The minimum absolute atomic E-state index is 0.276. The Morgan fingerprint density at radius 3 is 2.76 bits per heavy atom. The van der Waals surface area contributed by atoms with E-state index in [1.165, 1.54) is 11.3 Å². The molecule has 130 valence electrons. The van der Waals surface area contributed by atoms with Crippen molar-refractivity contribution in [1.29, 1.82) is 0 Å². The molecule has 2 heterocycles. The second-order valence-corrected chi connectivity index (χ2v) is 6.52. The molecule has 0 radical (unpaired) electrons. The zero-order valence-electron chi connectivity index (χ0n) is 14.3. The zero-order valence-corrected chi connectivity index (χ0v) is 15.1. The summed E-state index contributed by atoms with van der Waals surface area (Å²) in [5.41, 5.74) is 1.64. The summed E-state index contributed by atoms with van der Waals surface area (Å²) < 4.78 is 7.73. The molecule has 0 aliphatic rings. The van der Waals surface area contributed by atoms with Gasteiger partial charge in [0.25, 0.3) is 5.91 Å². The number of rotatable bonds is 5. The van der Waals surface area contributed by atoms with Crippen LogP contribution in [0.15, 0.2) is 30.3 Å². The maximum atomic E-state index is 12.7. The Balaban J connectivity index is 2.01. The number of hydrogen-bond acceptors (Lipinski definition) is 5. The van der Waals surface area contributed by atoms with E-state index in [0.717, 1.165) is 15.8 Å². The van der Waals surface area contributed by atoms with Crippen LogP contribution in [0.25, 0.3) is 10.1 Å². The molecular weight excluding hydrogens is 338 g/mol. The minimum Gasteiger partial charge on any atom is -0.462 e. The minimum atomic E-state index is -0.435. The number of nitrogens with one attached hydrogen (secondary N) is 1. The number of carbonyl (C=O) groups is 2. The normalized spacial score (nSPS) is 10.8. The number of thiophene rings is 1. The molecular formula is C18H19N3O3S. The Morgan fingerprint density at radius 2 is 2.04 bits per heavy atom. The van der Waals surface area contributed by atoms with Crippen LogP contribution in [-0.4, -0.2) is 28.3 Å². The van der Waals surface area contributed by atoms with E-state index >= 15 is 0 Å². The van der Waals surface area contributed by atoms with Gasteiger partial charge in [-0.05, 0) is 32.9 Å². The SMILES string of the molecule is CCOC(=O)c1c(NC(=O)c2cc(C)nn2CC)sc2ccccc12. The number of fused-ring (bicyclic) bond motifs is 1. The largest absolute Gasteiger partial charge is 0.462 e. The lowest BCUT2D eigenvalue weighted by atomic mass is 10.1. The second-order valence-electron chi connectivity index (χ2n) is 5.46. The third-order valence-electron chi connectivity index (χ3n) is 3.74. The van der Waals surface area contributed by atoms with E-state index in [2.05, 4.69) is 10.4 Å². The molecule has 1 aromatic carbocycles. The molecule has 6 nitrogen and oxygen atoms in total. The maximum absolute atomic E-state index is 12.7. The van der Waals surface area contributed by atoms with Gasteiger partial charge in [-0.2, -0.15) is 5.10 Å². The highest BCUT2D eigenvalue weighted by atomic mass is 32.1. The summed E-state index contributed by atoms with van der Waals surface area (Å²) >= 11 is 1.36. The van der Waals surface area contributed by atoms with Crippen molar-refractivity contribution in [3.05, 3.63) is 47.3 Å². The van der Waals surface area contributed by atoms with Gasteiger partial charge in [-0.3, -0.25) is 9.48 Å². The number of anilines is 1. The highest BCUT2D eigenvalue weighted by molar-refractivity contribution is 7.23. The van der Waals surface area contributed by atoms with E-state index in [1.807, 2.05) is 38.1 Å². The standard InChI is InChI=1S/C18H19N3O3S/c1-4-21-13(10-11(3)20-21)16(22)19-17-15(18(23)24-5-2)12-8-6-7-9-14(12)25-17/h6-10H,4-5H2,1-3H3,(H,19,22). The predicted molar refractivity (Wildman–Crippen MR) is 98.4 cm³/mol. The number of ether oxygens (including phenoxy) is 1. The predicted octanol–water partition coefficient (Wildman–Crippen LogP) is 3.86.